The van der Waals surface area contributed by atoms with Crippen LogP contribution in [-0.4, -0.2) is 12.5 Å². The molecule has 16 heavy (non-hydrogen) atoms. The first-order valence-corrected chi connectivity index (χ1v) is 6.29. The molecular formula is C12H15Cl2FO. The largest absolute Gasteiger partial charge is 0.494 e. The number of ether oxygens (including phenoxy) is 1. The molecule has 0 aliphatic heterocycles. The summed E-state index contributed by atoms with van der Waals surface area (Å²) in [7, 11) is 0. The molecule has 1 aromatic carbocycles. The summed E-state index contributed by atoms with van der Waals surface area (Å²) in [5, 5.41) is 0.0969. The summed E-state index contributed by atoms with van der Waals surface area (Å²) in [6, 6.07) is 4.39. The summed E-state index contributed by atoms with van der Waals surface area (Å²) < 4.78 is 18.3. The predicted molar refractivity (Wildman–Crippen MR) is 66.1 cm³/mol. The van der Waals surface area contributed by atoms with Crippen LogP contribution in [0.15, 0.2) is 18.2 Å². The van der Waals surface area contributed by atoms with Gasteiger partial charge in [0, 0.05) is 11.9 Å². The Bertz CT molecular complexity index is 318. The van der Waals surface area contributed by atoms with Gasteiger partial charge < -0.3 is 4.74 Å². The highest BCUT2D eigenvalue weighted by Crippen LogP contribution is 2.21. The van der Waals surface area contributed by atoms with Gasteiger partial charge in [-0.05, 0) is 25.0 Å². The summed E-state index contributed by atoms with van der Waals surface area (Å²) in [6.07, 6.45) is 4.24. The van der Waals surface area contributed by atoms with Crippen LogP contribution >= 0.6 is 23.2 Å². The maximum absolute atomic E-state index is 12.8. The van der Waals surface area contributed by atoms with Crippen molar-refractivity contribution in [2.45, 2.75) is 25.7 Å². The van der Waals surface area contributed by atoms with E-state index in [-0.39, 0.29) is 5.02 Å². The van der Waals surface area contributed by atoms with E-state index < -0.39 is 5.82 Å². The molecule has 1 aromatic rings. The molecule has 0 aromatic heterocycles. The van der Waals surface area contributed by atoms with Crippen molar-refractivity contribution in [3.63, 3.8) is 0 Å². The van der Waals surface area contributed by atoms with Crippen molar-refractivity contribution in [2.24, 2.45) is 0 Å². The van der Waals surface area contributed by atoms with E-state index >= 15 is 0 Å². The molecule has 0 heterocycles. The van der Waals surface area contributed by atoms with Gasteiger partial charge in [0.1, 0.15) is 11.6 Å². The van der Waals surface area contributed by atoms with Gasteiger partial charge >= 0.3 is 0 Å². The maximum atomic E-state index is 12.8. The lowest BCUT2D eigenvalue weighted by Crippen LogP contribution is -1.97. The second kappa shape index (κ2) is 7.75. The van der Waals surface area contributed by atoms with Gasteiger partial charge in [-0.3, -0.25) is 0 Å². The van der Waals surface area contributed by atoms with Gasteiger partial charge in [0.15, 0.2) is 0 Å². The highest BCUT2D eigenvalue weighted by molar-refractivity contribution is 6.30. The van der Waals surface area contributed by atoms with Gasteiger partial charge in [-0.15, -0.1) is 11.6 Å². The van der Waals surface area contributed by atoms with Crippen LogP contribution in [-0.2, 0) is 0 Å². The van der Waals surface area contributed by atoms with Crippen LogP contribution in [0.1, 0.15) is 25.7 Å². The average molecular weight is 265 g/mol. The van der Waals surface area contributed by atoms with Crippen LogP contribution in [0.4, 0.5) is 4.39 Å². The fourth-order valence-electron chi connectivity index (χ4n) is 1.31. The van der Waals surface area contributed by atoms with Gasteiger partial charge in [0.2, 0.25) is 0 Å². The fraction of sp³-hybridized carbons (Fsp3) is 0.500. The van der Waals surface area contributed by atoms with Gasteiger partial charge in [-0.25, -0.2) is 4.39 Å². The third-order valence-corrected chi connectivity index (χ3v) is 2.74. The van der Waals surface area contributed by atoms with Crippen LogP contribution in [0, 0.1) is 5.82 Å². The Morgan fingerprint density at radius 2 is 1.88 bits per heavy atom. The first-order valence-electron chi connectivity index (χ1n) is 5.38. The SMILES string of the molecule is Fc1ccc(OCCCCCCCl)cc1Cl. The van der Waals surface area contributed by atoms with Gasteiger partial charge in [0.25, 0.3) is 0 Å². The Balaban J connectivity index is 2.19. The fourth-order valence-corrected chi connectivity index (χ4v) is 1.67. The van der Waals surface area contributed by atoms with Crippen molar-refractivity contribution in [1.82, 2.24) is 0 Å². The molecule has 0 aliphatic carbocycles. The molecule has 1 nitrogen and oxygen atoms in total. The summed E-state index contributed by atoms with van der Waals surface area (Å²) in [4.78, 5) is 0. The third-order valence-electron chi connectivity index (χ3n) is 2.19. The molecule has 0 fully saturated rings. The lowest BCUT2D eigenvalue weighted by Gasteiger charge is -2.06. The molecule has 0 atom stereocenters. The second-order valence-corrected chi connectivity index (χ2v) is 4.31. The Morgan fingerprint density at radius 3 is 2.56 bits per heavy atom. The molecule has 1 rings (SSSR count). The number of benzene rings is 1. The number of rotatable bonds is 7. The minimum absolute atomic E-state index is 0.0969. The zero-order valence-electron chi connectivity index (χ0n) is 9.02. The molecule has 0 spiro atoms. The molecule has 0 saturated heterocycles. The normalized spacial score (nSPS) is 10.4. The molecule has 0 amide bonds. The molecule has 0 radical (unpaired) electrons. The number of halogens is 3. The highest BCUT2D eigenvalue weighted by Gasteiger charge is 2.01. The second-order valence-electron chi connectivity index (χ2n) is 3.53. The van der Waals surface area contributed by atoms with Crippen molar-refractivity contribution >= 4 is 23.2 Å². The highest BCUT2D eigenvalue weighted by atomic mass is 35.5. The van der Waals surface area contributed by atoms with E-state index in [0.717, 1.165) is 25.7 Å². The van der Waals surface area contributed by atoms with E-state index in [2.05, 4.69) is 0 Å². The summed E-state index contributed by atoms with van der Waals surface area (Å²) in [5.41, 5.74) is 0. The first-order chi connectivity index (χ1) is 7.74. The zero-order valence-corrected chi connectivity index (χ0v) is 10.5. The van der Waals surface area contributed by atoms with Gasteiger partial charge in [-0.2, -0.15) is 0 Å². The monoisotopic (exact) mass is 264 g/mol. The van der Waals surface area contributed by atoms with Crippen molar-refractivity contribution < 1.29 is 9.13 Å². The van der Waals surface area contributed by atoms with Crippen LogP contribution in [0.2, 0.25) is 5.02 Å². The van der Waals surface area contributed by atoms with E-state index in [9.17, 15) is 4.39 Å². The molecule has 0 aliphatic rings. The smallest absolute Gasteiger partial charge is 0.142 e. The summed E-state index contributed by atoms with van der Waals surface area (Å²) >= 11 is 11.2. The average Bonchev–Trinajstić information content (AvgIpc) is 2.28. The quantitative estimate of drug-likeness (QED) is 0.514. The first kappa shape index (κ1) is 13.6. The lowest BCUT2D eigenvalue weighted by molar-refractivity contribution is 0.304. The minimum atomic E-state index is -0.420. The van der Waals surface area contributed by atoms with Crippen LogP contribution < -0.4 is 4.74 Å². The number of unbranched alkanes of at least 4 members (excludes halogenated alkanes) is 3. The topological polar surface area (TPSA) is 9.23 Å². The van der Waals surface area contributed by atoms with Crippen LogP contribution in [0.5, 0.6) is 5.75 Å². The van der Waals surface area contributed by atoms with E-state index in [1.165, 1.54) is 12.1 Å². The van der Waals surface area contributed by atoms with Crippen LogP contribution in [0.3, 0.4) is 0 Å². The maximum Gasteiger partial charge on any atom is 0.142 e. The van der Waals surface area contributed by atoms with Gasteiger partial charge in [-0.1, -0.05) is 24.4 Å². The number of hydrogen-bond acceptors (Lipinski definition) is 1. The molecular weight excluding hydrogens is 250 g/mol. The van der Waals surface area contributed by atoms with E-state index in [1.807, 2.05) is 0 Å². The Kier molecular flexibility index (Phi) is 6.58. The molecule has 90 valence electrons. The number of hydrogen-bond donors (Lipinski definition) is 0. The van der Waals surface area contributed by atoms with Crippen molar-refractivity contribution in [3.05, 3.63) is 29.0 Å². The minimum Gasteiger partial charge on any atom is -0.494 e. The standard InChI is InChI=1S/C12H15Cl2FO/c13-7-3-1-2-4-8-16-10-5-6-12(15)11(14)9-10/h5-6,9H,1-4,7-8H2. The van der Waals surface area contributed by atoms with Crippen LogP contribution in [0.25, 0.3) is 0 Å². The summed E-state index contributed by atoms with van der Waals surface area (Å²) in [5.74, 6) is 0.911. The van der Waals surface area contributed by atoms with E-state index in [4.69, 9.17) is 27.9 Å². The zero-order chi connectivity index (χ0) is 11.8. The predicted octanol–water partition coefficient (Wildman–Crippen LogP) is 4.66. The lowest BCUT2D eigenvalue weighted by atomic mass is 10.2. The van der Waals surface area contributed by atoms with E-state index in [1.54, 1.807) is 6.07 Å². The number of alkyl halides is 1. The molecule has 4 heteroatoms. The molecule has 0 saturated carbocycles. The van der Waals surface area contributed by atoms with E-state index in [0.29, 0.717) is 18.2 Å². The molecule has 0 N–H and O–H groups in total. The Hall–Kier alpha value is -0.470. The van der Waals surface area contributed by atoms with Crippen molar-refractivity contribution in [2.75, 3.05) is 12.5 Å². The molecule has 0 bridgehead atoms. The summed E-state index contributed by atoms with van der Waals surface area (Å²) in [6.45, 7) is 0.629. The molecule has 0 unspecified atom stereocenters. The van der Waals surface area contributed by atoms with Crippen molar-refractivity contribution in [3.8, 4) is 5.75 Å². The Labute approximate surface area is 106 Å². The van der Waals surface area contributed by atoms with Gasteiger partial charge in [0.05, 0.1) is 11.6 Å². The Morgan fingerprint density at radius 1 is 1.12 bits per heavy atom. The third kappa shape index (κ3) is 5.04. The van der Waals surface area contributed by atoms with Crippen molar-refractivity contribution in [1.29, 1.82) is 0 Å².